The molecule has 0 aliphatic carbocycles. The summed E-state index contributed by atoms with van der Waals surface area (Å²) in [5, 5.41) is 0. The van der Waals surface area contributed by atoms with Crippen LogP contribution in [0, 0.1) is 25.1 Å². The van der Waals surface area contributed by atoms with E-state index in [1.165, 1.54) is 13.0 Å². The molecule has 0 aliphatic heterocycles. The molecule has 2 nitrogen and oxygen atoms in total. The van der Waals surface area contributed by atoms with Crippen molar-refractivity contribution in [2.45, 2.75) is 19.6 Å². The highest BCUT2D eigenvalue weighted by molar-refractivity contribution is 5.77. The molecule has 0 unspecified atom stereocenters. The summed E-state index contributed by atoms with van der Waals surface area (Å²) in [6, 6.07) is 2.29. The standard InChI is InChI=1S/C12H8F4N2/c1-3-4-18-10-5-7(2)8(13)6-9(10)17-11(18)12(14,15)16/h1,5-6H,4H2,2H3. The molecule has 1 aromatic heterocycles. The lowest BCUT2D eigenvalue weighted by molar-refractivity contribution is -0.146. The molecule has 0 aliphatic rings. The minimum Gasteiger partial charge on any atom is -0.309 e. The van der Waals surface area contributed by atoms with Gasteiger partial charge in [-0.2, -0.15) is 13.2 Å². The zero-order valence-corrected chi connectivity index (χ0v) is 9.35. The Hall–Kier alpha value is -2.03. The number of nitrogens with zero attached hydrogens (tertiary/aromatic N) is 2. The number of aromatic nitrogens is 2. The van der Waals surface area contributed by atoms with Crippen molar-refractivity contribution in [3.8, 4) is 12.3 Å². The summed E-state index contributed by atoms with van der Waals surface area (Å²) in [6.45, 7) is 1.20. The molecule has 0 amide bonds. The number of halogens is 4. The lowest BCUT2D eigenvalue weighted by Crippen LogP contribution is -2.14. The Morgan fingerprint density at radius 3 is 2.61 bits per heavy atom. The van der Waals surface area contributed by atoms with Crippen LogP contribution in [-0.4, -0.2) is 9.55 Å². The van der Waals surface area contributed by atoms with Gasteiger partial charge in [0.15, 0.2) is 0 Å². The summed E-state index contributed by atoms with van der Waals surface area (Å²) in [4.78, 5) is 3.41. The third-order valence-electron chi connectivity index (χ3n) is 2.53. The number of alkyl halides is 3. The first kappa shape index (κ1) is 12.4. The molecule has 1 aromatic carbocycles. The van der Waals surface area contributed by atoms with E-state index in [0.29, 0.717) is 0 Å². The SMILES string of the molecule is C#CCn1c(C(F)(F)F)nc2cc(F)c(C)cc21. The topological polar surface area (TPSA) is 17.8 Å². The molecule has 0 bridgehead atoms. The van der Waals surface area contributed by atoms with Crippen molar-refractivity contribution < 1.29 is 17.6 Å². The predicted molar refractivity (Wildman–Crippen MR) is 58.3 cm³/mol. The molecule has 6 heteroatoms. The van der Waals surface area contributed by atoms with Gasteiger partial charge in [-0.3, -0.25) is 0 Å². The van der Waals surface area contributed by atoms with Gasteiger partial charge in [0, 0.05) is 6.07 Å². The summed E-state index contributed by atoms with van der Waals surface area (Å²) < 4.78 is 52.5. The average molecular weight is 256 g/mol. The van der Waals surface area contributed by atoms with E-state index in [1.807, 2.05) is 0 Å². The van der Waals surface area contributed by atoms with Crippen LogP contribution in [0.5, 0.6) is 0 Å². The lowest BCUT2D eigenvalue weighted by Gasteiger charge is -2.08. The molecule has 0 atom stereocenters. The maximum atomic E-state index is 13.3. The van der Waals surface area contributed by atoms with E-state index >= 15 is 0 Å². The van der Waals surface area contributed by atoms with Crippen LogP contribution >= 0.6 is 0 Å². The van der Waals surface area contributed by atoms with Crippen molar-refractivity contribution in [2.75, 3.05) is 0 Å². The minimum absolute atomic E-state index is 0.0549. The third-order valence-corrected chi connectivity index (χ3v) is 2.53. The van der Waals surface area contributed by atoms with E-state index in [1.54, 1.807) is 0 Å². The number of fused-ring (bicyclic) bond motifs is 1. The van der Waals surface area contributed by atoms with Crippen LogP contribution in [0.4, 0.5) is 17.6 Å². The van der Waals surface area contributed by atoms with Crippen LogP contribution in [0.2, 0.25) is 0 Å². The maximum absolute atomic E-state index is 13.3. The number of rotatable bonds is 1. The molecule has 0 fully saturated rings. The molecule has 0 N–H and O–H groups in total. The van der Waals surface area contributed by atoms with Gasteiger partial charge in [-0.15, -0.1) is 6.42 Å². The van der Waals surface area contributed by atoms with Crippen LogP contribution < -0.4 is 0 Å². The largest absolute Gasteiger partial charge is 0.449 e. The number of benzene rings is 1. The second kappa shape index (κ2) is 4.02. The molecule has 0 saturated heterocycles. The Morgan fingerprint density at radius 2 is 2.06 bits per heavy atom. The second-order valence-electron chi connectivity index (χ2n) is 3.81. The van der Waals surface area contributed by atoms with Crippen LogP contribution in [0.3, 0.4) is 0 Å². The van der Waals surface area contributed by atoms with E-state index in [4.69, 9.17) is 6.42 Å². The summed E-state index contributed by atoms with van der Waals surface area (Å²) in [6.07, 6.45) is 0.426. The van der Waals surface area contributed by atoms with Gasteiger partial charge in [-0.05, 0) is 18.6 Å². The monoisotopic (exact) mass is 256 g/mol. The average Bonchev–Trinajstić information content (AvgIpc) is 2.58. The number of hydrogen-bond acceptors (Lipinski definition) is 1. The summed E-state index contributed by atoms with van der Waals surface area (Å²) in [7, 11) is 0. The summed E-state index contributed by atoms with van der Waals surface area (Å²) in [5.74, 6) is 0.432. The minimum atomic E-state index is -4.62. The van der Waals surface area contributed by atoms with Crippen molar-refractivity contribution in [1.82, 2.24) is 9.55 Å². The molecule has 18 heavy (non-hydrogen) atoms. The zero-order chi connectivity index (χ0) is 13.5. The molecule has 2 aromatic rings. The number of imidazole rings is 1. The van der Waals surface area contributed by atoms with Crippen LogP contribution in [-0.2, 0) is 12.7 Å². The molecular weight excluding hydrogens is 248 g/mol. The highest BCUT2D eigenvalue weighted by atomic mass is 19.4. The number of terminal acetylenes is 1. The highest BCUT2D eigenvalue weighted by Crippen LogP contribution is 2.32. The Bertz CT molecular complexity index is 647. The fourth-order valence-corrected chi connectivity index (χ4v) is 1.72. The summed E-state index contributed by atoms with van der Waals surface area (Å²) in [5.41, 5.74) is 0.370. The van der Waals surface area contributed by atoms with Crippen LogP contribution in [0.1, 0.15) is 11.4 Å². The summed E-state index contributed by atoms with van der Waals surface area (Å²) >= 11 is 0. The second-order valence-corrected chi connectivity index (χ2v) is 3.81. The first-order valence-electron chi connectivity index (χ1n) is 5.01. The van der Waals surface area contributed by atoms with E-state index in [-0.39, 0.29) is 23.1 Å². The van der Waals surface area contributed by atoms with Crippen molar-refractivity contribution in [2.24, 2.45) is 0 Å². The highest BCUT2D eigenvalue weighted by Gasteiger charge is 2.37. The fourth-order valence-electron chi connectivity index (χ4n) is 1.72. The van der Waals surface area contributed by atoms with Crippen LogP contribution in [0.15, 0.2) is 12.1 Å². The number of aryl methyl sites for hydroxylation is 1. The molecule has 0 spiro atoms. The Labute approximate surface area is 100 Å². The van der Waals surface area contributed by atoms with Crippen molar-refractivity contribution >= 4 is 11.0 Å². The van der Waals surface area contributed by atoms with Gasteiger partial charge in [0.2, 0.25) is 5.82 Å². The van der Waals surface area contributed by atoms with Crippen molar-refractivity contribution in [1.29, 1.82) is 0 Å². The van der Waals surface area contributed by atoms with Crippen molar-refractivity contribution in [3.63, 3.8) is 0 Å². The van der Waals surface area contributed by atoms with Gasteiger partial charge >= 0.3 is 6.18 Å². The van der Waals surface area contributed by atoms with Gasteiger partial charge in [0.1, 0.15) is 5.82 Å². The molecule has 94 valence electrons. The van der Waals surface area contributed by atoms with Gasteiger partial charge < -0.3 is 4.57 Å². The van der Waals surface area contributed by atoms with Gasteiger partial charge in [0.25, 0.3) is 0 Å². The quantitative estimate of drug-likeness (QED) is 0.566. The fraction of sp³-hybridized carbons (Fsp3) is 0.250. The third kappa shape index (κ3) is 1.92. The first-order valence-corrected chi connectivity index (χ1v) is 5.01. The Morgan fingerprint density at radius 1 is 1.39 bits per heavy atom. The normalized spacial score (nSPS) is 11.8. The predicted octanol–water partition coefficient (Wildman–Crippen LogP) is 3.14. The molecule has 2 rings (SSSR count). The van der Waals surface area contributed by atoms with Crippen molar-refractivity contribution in [3.05, 3.63) is 29.3 Å². The molecule has 0 radical (unpaired) electrons. The van der Waals surface area contributed by atoms with Gasteiger partial charge in [-0.25, -0.2) is 9.37 Å². The molecular formula is C12H8F4N2. The van der Waals surface area contributed by atoms with E-state index in [2.05, 4.69) is 10.9 Å². The Kier molecular flexibility index (Phi) is 2.77. The van der Waals surface area contributed by atoms with E-state index in [9.17, 15) is 17.6 Å². The van der Waals surface area contributed by atoms with Gasteiger partial charge in [0.05, 0.1) is 17.6 Å². The van der Waals surface area contributed by atoms with Crippen LogP contribution in [0.25, 0.3) is 11.0 Å². The molecule has 1 heterocycles. The van der Waals surface area contributed by atoms with E-state index < -0.39 is 17.8 Å². The van der Waals surface area contributed by atoms with Gasteiger partial charge in [-0.1, -0.05) is 5.92 Å². The smallest absolute Gasteiger partial charge is 0.309 e. The lowest BCUT2D eigenvalue weighted by atomic mass is 10.2. The van der Waals surface area contributed by atoms with E-state index in [0.717, 1.165) is 10.6 Å². The number of hydrogen-bond donors (Lipinski definition) is 0. The molecule has 0 saturated carbocycles. The zero-order valence-electron chi connectivity index (χ0n) is 9.35. The Balaban J connectivity index is 2.80. The maximum Gasteiger partial charge on any atom is 0.449 e. The first-order chi connectivity index (χ1) is 8.34.